The minimum absolute atomic E-state index is 0.198. The summed E-state index contributed by atoms with van der Waals surface area (Å²) >= 11 is 0. The van der Waals surface area contributed by atoms with Gasteiger partial charge in [-0.15, -0.1) is 0 Å². The molecule has 0 saturated carbocycles. The highest BCUT2D eigenvalue weighted by Gasteiger charge is 2.07. The molecular formula is C20H21FN4O2. The van der Waals surface area contributed by atoms with Crippen molar-refractivity contribution < 1.29 is 13.9 Å². The molecule has 0 aliphatic rings. The molecule has 0 saturated heterocycles. The maximum Gasteiger partial charge on any atom is 0.146 e. The van der Waals surface area contributed by atoms with Gasteiger partial charge in [-0.1, -0.05) is 18.2 Å². The Bertz CT molecular complexity index is 905. The van der Waals surface area contributed by atoms with E-state index in [-0.39, 0.29) is 5.82 Å². The SMILES string of the molecule is COc1ccc(Nc2cc(NCCc3ccccc3F)ncn2)c(OC)c1. The first-order valence-corrected chi connectivity index (χ1v) is 8.48. The van der Waals surface area contributed by atoms with Crippen molar-refractivity contribution in [2.75, 3.05) is 31.4 Å². The molecule has 0 radical (unpaired) electrons. The van der Waals surface area contributed by atoms with Crippen molar-refractivity contribution in [3.05, 3.63) is 66.2 Å². The lowest BCUT2D eigenvalue weighted by molar-refractivity contribution is 0.395. The molecule has 0 spiro atoms. The summed E-state index contributed by atoms with van der Waals surface area (Å²) < 4.78 is 24.2. The Morgan fingerprint density at radius 2 is 1.78 bits per heavy atom. The number of ether oxygens (including phenoxy) is 2. The minimum atomic E-state index is -0.198. The zero-order chi connectivity index (χ0) is 19.1. The summed E-state index contributed by atoms with van der Waals surface area (Å²) in [5.74, 6) is 2.41. The molecule has 27 heavy (non-hydrogen) atoms. The predicted molar refractivity (Wildman–Crippen MR) is 103 cm³/mol. The van der Waals surface area contributed by atoms with Gasteiger partial charge in [0.2, 0.25) is 0 Å². The molecule has 3 aromatic rings. The lowest BCUT2D eigenvalue weighted by atomic mass is 10.1. The van der Waals surface area contributed by atoms with Crippen LogP contribution in [0.15, 0.2) is 54.9 Å². The fourth-order valence-corrected chi connectivity index (χ4v) is 2.59. The van der Waals surface area contributed by atoms with Crippen LogP contribution in [0.4, 0.5) is 21.7 Å². The second kappa shape index (κ2) is 8.84. The van der Waals surface area contributed by atoms with Gasteiger partial charge in [0.15, 0.2) is 0 Å². The monoisotopic (exact) mass is 368 g/mol. The number of methoxy groups -OCH3 is 2. The summed E-state index contributed by atoms with van der Waals surface area (Å²) in [5.41, 5.74) is 1.43. The van der Waals surface area contributed by atoms with E-state index in [1.165, 1.54) is 12.4 Å². The van der Waals surface area contributed by atoms with Crippen LogP contribution in [-0.4, -0.2) is 30.7 Å². The molecule has 1 aromatic heterocycles. The van der Waals surface area contributed by atoms with Crippen LogP contribution in [-0.2, 0) is 6.42 Å². The second-order valence-electron chi connectivity index (χ2n) is 5.75. The summed E-state index contributed by atoms with van der Waals surface area (Å²) in [6.45, 7) is 0.559. The highest BCUT2D eigenvalue weighted by Crippen LogP contribution is 2.31. The Labute approximate surface area is 157 Å². The molecule has 0 atom stereocenters. The molecule has 7 heteroatoms. The molecule has 6 nitrogen and oxygen atoms in total. The number of hydrogen-bond acceptors (Lipinski definition) is 6. The topological polar surface area (TPSA) is 68.3 Å². The lowest BCUT2D eigenvalue weighted by Crippen LogP contribution is -2.08. The van der Waals surface area contributed by atoms with Crippen molar-refractivity contribution >= 4 is 17.3 Å². The van der Waals surface area contributed by atoms with Gasteiger partial charge >= 0.3 is 0 Å². The molecule has 0 aliphatic heterocycles. The first-order valence-electron chi connectivity index (χ1n) is 8.48. The Balaban J connectivity index is 1.64. The van der Waals surface area contributed by atoms with Crippen molar-refractivity contribution in [1.29, 1.82) is 0 Å². The number of halogens is 1. The molecule has 0 fully saturated rings. The molecule has 0 amide bonds. The smallest absolute Gasteiger partial charge is 0.146 e. The fourth-order valence-electron chi connectivity index (χ4n) is 2.59. The van der Waals surface area contributed by atoms with Crippen LogP contribution in [0.1, 0.15) is 5.56 Å². The maximum absolute atomic E-state index is 13.7. The first-order chi connectivity index (χ1) is 13.2. The molecule has 1 heterocycles. The number of rotatable bonds is 8. The molecule has 140 valence electrons. The third kappa shape index (κ3) is 4.84. The van der Waals surface area contributed by atoms with E-state index in [2.05, 4.69) is 20.6 Å². The molecule has 2 N–H and O–H groups in total. The van der Waals surface area contributed by atoms with Crippen molar-refractivity contribution in [2.24, 2.45) is 0 Å². The number of nitrogens with one attached hydrogen (secondary N) is 2. The van der Waals surface area contributed by atoms with E-state index >= 15 is 0 Å². The van der Waals surface area contributed by atoms with Crippen LogP contribution in [0.3, 0.4) is 0 Å². The van der Waals surface area contributed by atoms with E-state index in [1.54, 1.807) is 38.5 Å². The largest absolute Gasteiger partial charge is 0.497 e. The van der Waals surface area contributed by atoms with Crippen LogP contribution in [0.2, 0.25) is 0 Å². The van der Waals surface area contributed by atoms with E-state index < -0.39 is 0 Å². The molecule has 0 unspecified atom stereocenters. The van der Waals surface area contributed by atoms with Crippen molar-refractivity contribution in [1.82, 2.24) is 9.97 Å². The van der Waals surface area contributed by atoms with Crippen molar-refractivity contribution in [2.45, 2.75) is 6.42 Å². The number of nitrogens with zero attached hydrogens (tertiary/aromatic N) is 2. The van der Waals surface area contributed by atoms with Crippen LogP contribution >= 0.6 is 0 Å². The minimum Gasteiger partial charge on any atom is -0.497 e. The molecular weight excluding hydrogens is 347 g/mol. The van der Waals surface area contributed by atoms with Gasteiger partial charge < -0.3 is 20.1 Å². The quantitative estimate of drug-likeness (QED) is 0.626. The Morgan fingerprint density at radius 3 is 2.56 bits per heavy atom. The van der Waals surface area contributed by atoms with Gasteiger partial charge in [0.25, 0.3) is 0 Å². The van der Waals surface area contributed by atoms with E-state index in [4.69, 9.17) is 9.47 Å². The van der Waals surface area contributed by atoms with Crippen LogP contribution in [0, 0.1) is 5.82 Å². The number of benzene rings is 2. The molecule has 0 aliphatic carbocycles. The third-order valence-electron chi connectivity index (χ3n) is 4.00. The van der Waals surface area contributed by atoms with Crippen LogP contribution < -0.4 is 20.1 Å². The first kappa shape index (κ1) is 18.4. The van der Waals surface area contributed by atoms with E-state index in [0.717, 1.165) is 5.69 Å². The van der Waals surface area contributed by atoms with Gasteiger partial charge in [0.05, 0.1) is 19.9 Å². The van der Waals surface area contributed by atoms with Gasteiger partial charge in [-0.25, -0.2) is 14.4 Å². The number of hydrogen-bond donors (Lipinski definition) is 2. The van der Waals surface area contributed by atoms with Crippen LogP contribution in [0.25, 0.3) is 0 Å². The normalized spacial score (nSPS) is 10.3. The Morgan fingerprint density at radius 1 is 0.963 bits per heavy atom. The fraction of sp³-hybridized carbons (Fsp3) is 0.200. The summed E-state index contributed by atoms with van der Waals surface area (Å²) in [4.78, 5) is 8.42. The van der Waals surface area contributed by atoms with Gasteiger partial charge in [0.1, 0.15) is 35.3 Å². The highest BCUT2D eigenvalue weighted by molar-refractivity contribution is 5.66. The maximum atomic E-state index is 13.7. The van der Waals surface area contributed by atoms with Crippen LogP contribution in [0.5, 0.6) is 11.5 Å². The van der Waals surface area contributed by atoms with Gasteiger partial charge in [-0.2, -0.15) is 0 Å². The predicted octanol–water partition coefficient (Wildman–Crippen LogP) is 4.03. The summed E-state index contributed by atoms with van der Waals surface area (Å²) in [7, 11) is 3.20. The molecule has 3 rings (SSSR count). The van der Waals surface area contributed by atoms with Gasteiger partial charge in [-0.3, -0.25) is 0 Å². The second-order valence-corrected chi connectivity index (χ2v) is 5.75. The summed E-state index contributed by atoms with van der Waals surface area (Å²) in [6, 6.07) is 14.0. The van der Waals surface area contributed by atoms with Gasteiger partial charge in [0, 0.05) is 18.7 Å². The average molecular weight is 368 g/mol. The van der Waals surface area contributed by atoms with E-state index in [0.29, 0.717) is 41.7 Å². The highest BCUT2D eigenvalue weighted by atomic mass is 19.1. The lowest BCUT2D eigenvalue weighted by Gasteiger charge is -2.13. The summed E-state index contributed by atoms with van der Waals surface area (Å²) in [5, 5.41) is 6.39. The molecule has 0 bridgehead atoms. The van der Waals surface area contributed by atoms with Crippen molar-refractivity contribution in [3.63, 3.8) is 0 Å². The zero-order valence-corrected chi connectivity index (χ0v) is 15.2. The molecule has 2 aromatic carbocycles. The Hall–Kier alpha value is -3.35. The summed E-state index contributed by atoms with van der Waals surface area (Å²) in [6.07, 6.45) is 2.02. The average Bonchev–Trinajstić information content (AvgIpc) is 2.70. The number of aromatic nitrogens is 2. The van der Waals surface area contributed by atoms with Gasteiger partial charge in [-0.05, 0) is 30.2 Å². The Kier molecular flexibility index (Phi) is 6.04. The standard InChI is InChI=1S/C20H21FN4O2/c1-26-15-7-8-17(18(11-15)27-2)25-20-12-19(23-13-24-20)22-10-9-14-5-3-4-6-16(14)21/h3-8,11-13H,9-10H2,1-2H3,(H2,22,23,24,25). The van der Waals surface area contributed by atoms with Crippen molar-refractivity contribution in [3.8, 4) is 11.5 Å². The third-order valence-corrected chi connectivity index (χ3v) is 4.00. The van der Waals surface area contributed by atoms with E-state index in [1.807, 2.05) is 18.2 Å². The zero-order valence-electron chi connectivity index (χ0n) is 15.2. The van der Waals surface area contributed by atoms with E-state index in [9.17, 15) is 4.39 Å². The number of anilines is 3.